The Hall–Kier alpha value is -3.70. The molecule has 1 saturated carbocycles. The van der Waals surface area contributed by atoms with E-state index in [-0.39, 0.29) is 47.5 Å². The van der Waals surface area contributed by atoms with Crippen LogP contribution in [0.1, 0.15) is 31.5 Å². The third-order valence-electron chi connectivity index (χ3n) is 7.46. The summed E-state index contributed by atoms with van der Waals surface area (Å²) in [7, 11) is 2.96. The maximum Gasteiger partial charge on any atom is 0.332 e. The van der Waals surface area contributed by atoms with Crippen molar-refractivity contribution in [3.05, 3.63) is 45.4 Å². The first-order valence-corrected chi connectivity index (χ1v) is 11.9. The first-order chi connectivity index (χ1) is 16.7. The largest absolute Gasteiger partial charge is 0.353 e. The van der Waals surface area contributed by atoms with Crippen LogP contribution in [0.3, 0.4) is 0 Å². The van der Waals surface area contributed by atoms with Gasteiger partial charge in [-0.3, -0.25) is 23.5 Å². The third-order valence-corrected chi connectivity index (χ3v) is 7.46. The first kappa shape index (κ1) is 23.1. The van der Waals surface area contributed by atoms with Gasteiger partial charge in [0.25, 0.3) is 5.56 Å². The van der Waals surface area contributed by atoms with E-state index in [9.17, 15) is 19.2 Å². The Balaban J connectivity index is 1.17. The molecular weight excluding hydrogens is 452 g/mol. The normalized spacial score (nSPS) is 21.2. The lowest BCUT2D eigenvalue weighted by molar-refractivity contribution is -0.133. The molecule has 0 aromatic carbocycles. The van der Waals surface area contributed by atoms with Crippen LogP contribution < -0.4 is 16.6 Å². The number of nitrogens with zero attached hydrogens (tertiary/aromatic N) is 7. The lowest BCUT2D eigenvalue weighted by atomic mass is 10.0. The lowest BCUT2D eigenvalue weighted by Gasteiger charge is -2.32. The average molecular weight is 483 g/mol. The number of aromatic nitrogens is 6. The minimum atomic E-state index is -0.470. The van der Waals surface area contributed by atoms with Crippen molar-refractivity contribution in [2.24, 2.45) is 20.0 Å². The number of likely N-dealkylation sites (tertiary alicyclic amines) is 1. The van der Waals surface area contributed by atoms with Gasteiger partial charge in [0, 0.05) is 58.1 Å². The molecule has 12 heteroatoms. The number of imidazole rings is 2. The molecule has 12 nitrogen and oxygen atoms in total. The summed E-state index contributed by atoms with van der Waals surface area (Å²) in [5.41, 5.74) is -0.425. The zero-order valence-corrected chi connectivity index (χ0v) is 20.2. The number of fused-ring (bicyclic) bond motifs is 3. The van der Waals surface area contributed by atoms with E-state index in [1.807, 2.05) is 22.6 Å². The molecule has 2 aliphatic rings. The summed E-state index contributed by atoms with van der Waals surface area (Å²) in [6.45, 7) is 3.28. The fourth-order valence-electron chi connectivity index (χ4n) is 5.52. The van der Waals surface area contributed by atoms with Gasteiger partial charge in [-0.15, -0.1) is 0 Å². The predicted molar refractivity (Wildman–Crippen MR) is 127 cm³/mol. The second-order valence-corrected chi connectivity index (χ2v) is 9.63. The van der Waals surface area contributed by atoms with E-state index < -0.39 is 11.2 Å². The van der Waals surface area contributed by atoms with Crippen molar-refractivity contribution in [2.75, 3.05) is 6.54 Å². The number of nitrogens with one attached hydrogen (secondary N) is 1. The number of carbonyl (C=O) groups is 2. The summed E-state index contributed by atoms with van der Waals surface area (Å²) in [5.74, 6) is 1.13. The van der Waals surface area contributed by atoms with Crippen molar-refractivity contribution in [1.82, 2.24) is 38.5 Å². The highest BCUT2D eigenvalue weighted by molar-refractivity contribution is 5.80. The Morgan fingerprint density at radius 1 is 1.11 bits per heavy atom. The molecule has 1 aliphatic heterocycles. The second-order valence-electron chi connectivity index (χ2n) is 9.63. The van der Waals surface area contributed by atoms with Gasteiger partial charge >= 0.3 is 5.69 Å². The van der Waals surface area contributed by atoms with Crippen LogP contribution in [0.25, 0.3) is 11.2 Å². The summed E-state index contributed by atoms with van der Waals surface area (Å²) >= 11 is 0. The number of hydrogen-bond donors (Lipinski definition) is 1. The van der Waals surface area contributed by atoms with Crippen molar-refractivity contribution in [3.8, 4) is 0 Å². The number of hydrogen-bond acceptors (Lipinski definition) is 6. The summed E-state index contributed by atoms with van der Waals surface area (Å²) in [4.78, 5) is 60.6. The van der Waals surface area contributed by atoms with Gasteiger partial charge in [0.2, 0.25) is 11.8 Å². The van der Waals surface area contributed by atoms with Crippen molar-refractivity contribution >= 4 is 23.0 Å². The Morgan fingerprint density at radius 2 is 1.91 bits per heavy atom. The molecule has 5 rings (SSSR count). The molecule has 1 aliphatic carbocycles. The van der Waals surface area contributed by atoms with Crippen LogP contribution in [0.15, 0.2) is 28.3 Å². The standard InChI is InChI=1S/C23H30N8O4/c1-14-24-6-8-29(14)7-4-5-18(32)26-17-10-16-9-15(17)11-31(16)19(33)12-30-13-25-21-20(30)22(34)28(3)23(35)27(21)2/h6,8,13,15-17H,4-5,7,9-12H2,1-3H3,(H,26,32)/t15-,16-,17-/m0/s1. The Labute approximate surface area is 201 Å². The Bertz CT molecular complexity index is 1410. The van der Waals surface area contributed by atoms with Gasteiger partial charge in [-0.05, 0) is 32.1 Å². The number of carbonyl (C=O) groups excluding carboxylic acids is 2. The molecule has 2 fully saturated rings. The first-order valence-electron chi connectivity index (χ1n) is 11.9. The minimum absolute atomic E-state index is 0.0160. The van der Waals surface area contributed by atoms with Gasteiger partial charge < -0.3 is 19.4 Å². The van der Waals surface area contributed by atoms with E-state index >= 15 is 0 Å². The molecule has 2 bridgehead atoms. The summed E-state index contributed by atoms with van der Waals surface area (Å²) in [5, 5.41) is 3.17. The highest BCUT2D eigenvalue weighted by Gasteiger charge is 2.46. The summed E-state index contributed by atoms with van der Waals surface area (Å²) in [6, 6.07) is 0.163. The monoisotopic (exact) mass is 482 g/mol. The van der Waals surface area contributed by atoms with Crippen LogP contribution in [0.2, 0.25) is 0 Å². The van der Waals surface area contributed by atoms with Gasteiger partial charge in [-0.25, -0.2) is 14.8 Å². The predicted octanol–water partition coefficient (Wildman–Crippen LogP) is -0.475. The van der Waals surface area contributed by atoms with Crippen molar-refractivity contribution in [3.63, 3.8) is 0 Å². The molecule has 35 heavy (non-hydrogen) atoms. The van der Waals surface area contributed by atoms with Gasteiger partial charge in [0.05, 0.1) is 6.33 Å². The van der Waals surface area contributed by atoms with Crippen molar-refractivity contribution in [2.45, 2.75) is 57.8 Å². The van der Waals surface area contributed by atoms with Crippen molar-refractivity contribution in [1.29, 1.82) is 0 Å². The fourth-order valence-corrected chi connectivity index (χ4v) is 5.52. The van der Waals surface area contributed by atoms with Crippen LogP contribution in [0, 0.1) is 12.8 Å². The maximum atomic E-state index is 13.1. The zero-order valence-electron chi connectivity index (χ0n) is 20.2. The second kappa shape index (κ2) is 8.82. The molecule has 3 aromatic rings. The maximum absolute atomic E-state index is 13.1. The zero-order chi connectivity index (χ0) is 24.9. The van der Waals surface area contributed by atoms with E-state index in [1.54, 1.807) is 13.2 Å². The van der Waals surface area contributed by atoms with Gasteiger partial charge in [-0.1, -0.05) is 0 Å². The average Bonchev–Trinajstić information content (AvgIpc) is 3.61. The molecule has 2 amide bonds. The molecule has 3 aromatic heterocycles. The molecule has 0 spiro atoms. The molecule has 0 radical (unpaired) electrons. The number of piperidine rings is 1. The molecule has 0 unspecified atom stereocenters. The topological polar surface area (TPSA) is 129 Å². The van der Waals surface area contributed by atoms with E-state index in [0.29, 0.717) is 13.0 Å². The van der Waals surface area contributed by atoms with Gasteiger partial charge in [-0.2, -0.15) is 0 Å². The Morgan fingerprint density at radius 3 is 2.60 bits per heavy atom. The minimum Gasteiger partial charge on any atom is -0.353 e. The van der Waals surface area contributed by atoms with E-state index in [0.717, 1.165) is 36.2 Å². The summed E-state index contributed by atoms with van der Waals surface area (Å²) < 4.78 is 5.88. The lowest BCUT2D eigenvalue weighted by Crippen LogP contribution is -2.48. The van der Waals surface area contributed by atoms with Crippen LogP contribution in [0.5, 0.6) is 0 Å². The SMILES string of the molecule is Cc1nccn1CCCC(=O)N[C@H]1C[C@@H]2C[C@H]1CN2C(=O)Cn1cnc2c1c(=O)n(C)c(=O)n2C. The molecule has 4 heterocycles. The molecule has 3 atom stereocenters. The van der Waals surface area contributed by atoms with Crippen LogP contribution in [-0.2, 0) is 36.8 Å². The van der Waals surface area contributed by atoms with E-state index in [4.69, 9.17) is 0 Å². The van der Waals surface area contributed by atoms with E-state index in [2.05, 4.69) is 15.3 Å². The van der Waals surface area contributed by atoms with Crippen molar-refractivity contribution < 1.29 is 9.59 Å². The van der Waals surface area contributed by atoms with Crippen LogP contribution in [-0.4, -0.2) is 63.6 Å². The molecule has 1 saturated heterocycles. The number of aryl methyl sites for hydroxylation is 3. The fraction of sp³-hybridized carbons (Fsp3) is 0.565. The third kappa shape index (κ3) is 4.06. The van der Waals surface area contributed by atoms with Gasteiger partial charge in [0.15, 0.2) is 11.2 Å². The quantitative estimate of drug-likeness (QED) is 0.485. The number of amides is 2. The molecule has 1 N–H and O–H groups in total. The Kier molecular flexibility index (Phi) is 5.81. The van der Waals surface area contributed by atoms with Crippen LogP contribution >= 0.6 is 0 Å². The number of rotatable bonds is 7. The smallest absolute Gasteiger partial charge is 0.332 e. The van der Waals surface area contributed by atoms with Gasteiger partial charge in [0.1, 0.15) is 12.4 Å². The van der Waals surface area contributed by atoms with Crippen LogP contribution in [0.4, 0.5) is 0 Å². The molecule has 186 valence electrons. The summed E-state index contributed by atoms with van der Waals surface area (Å²) in [6.07, 6.45) is 7.93. The highest BCUT2D eigenvalue weighted by atomic mass is 16.2. The molecular formula is C23H30N8O4. The highest BCUT2D eigenvalue weighted by Crippen LogP contribution is 2.38. The van der Waals surface area contributed by atoms with E-state index in [1.165, 1.54) is 22.5 Å².